The summed E-state index contributed by atoms with van der Waals surface area (Å²) >= 11 is 0. The first-order valence-corrected chi connectivity index (χ1v) is 8.74. The molecule has 1 N–H and O–H groups in total. The molecule has 1 amide bonds. The van der Waals surface area contributed by atoms with E-state index < -0.39 is 23.6 Å². The van der Waals surface area contributed by atoms with Crippen LogP contribution >= 0.6 is 0 Å². The average Bonchev–Trinajstić information content (AvgIpc) is 3.08. The molecular formula is C21H19F3N2O3. The lowest BCUT2D eigenvalue weighted by Gasteiger charge is -2.16. The van der Waals surface area contributed by atoms with Gasteiger partial charge in [0.05, 0.1) is 29.5 Å². The summed E-state index contributed by atoms with van der Waals surface area (Å²) in [4.78, 5) is 24.4. The quantitative estimate of drug-likeness (QED) is 0.620. The molecule has 3 rings (SSSR count). The number of carbonyl (C=O) groups is 2. The molecule has 0 spiro atoms. The Kier molecular flexibility index (Phi) is 5.13. The van der Waals surface area contributed by atoms with E-state index in [2.05, 4.69) is 5.32 Å². The summed E-state index contributed by atoms with van der Waals surface area (Å²) in [7, 11) is 1.21. The van der Waals surface area contributed by atoms with Gasteiger partial charge in [0.15, 0.2) is 0 Å². The number of benzene rings is 1. The Morgan fingerprint density at radius 1 is 1.17 bits per heavy atom. The van der Waals surface area contributed by atoms with Crippen molar-refractivity contribution in [2.45, 2.75) is 26.9 Å². The second-order valence-electron chi connectivity index (χ2n) is 6.68. The average molecular weight is 404 g/mol. The maximum Gasteiger partial charge on any atom is 0.418 e. The zero-order chi connectivity index (χ0) is 21.5. The lowest BCUT2D eigenvalue weighted by Crippen LogP contribution is -2.15. The van der Waals surface area contributed by atoms with Gasteiger partial charge in [0.1, 0.15) is 0 Å². The van der Waals surface area contributed by atoms with Gasteiger partial charge in [-0.25, -0.2) is 4.79 Å². The van der Waals surface area contributed by atoms with E-state index in [1.54, 1.807) is 26.8 Å². The molecule has 0 bridgehead atoms. The smallest absolute Gasteiger partial charge is 0.418 e. The summed E-state index contributed by atoms with van der Waals surface area (Å²) in [5, 5.41) is 2.57. The summed E-state index contributed by atoms with van der Waals surface area (Å²) in [6, 6.07) is 6.96. The van der Waals surface area contributed by atoms with Gasteiger partial charge in [-0.05, 0) is 50.6 Å². The summed E-state index contributed by atoms with van der Waals surface area (Å²) in [5.74, 6) is -1.13. The topological polar surface area (TPSA) is 60.3 Å². The first-order valence-electron chi connectivity index (χ1n) is 8.74. The van der Waals surface area contributed by atoms with Crippen molar-refractivity contribution < 1.29 is 27.5 Å². The fourth-order valence-corrected chi connectivity index (χ4v) is 3.49. The molecule has 0 aliphatic carbocycles. The first-order chi connectivity index (χ1) is 13.6. The van der Waals surface area contributed by atoms with Crippen LogP contribution in [0.2, 0.25) is 0 Å². The minimum Gasteiger partial charge on any atom is -0.465 e. The van der Waals surface area contributed by atoms with Gasteiger partial charge >= 0.3 is 12.1 Å². The number of esters is 1. The van der Waals surface area contributed by atoms with E-state index in [0.29, 0.717) is 22.6 Å². The third-order valence-corrected chi connectivity index (χ3v) is 4.80. The van der Waals surface area contributed by atoms with Crippen LogP contribution in [0, 0.1) is 13.8 Å². The highest BCUT2D eigenvalue weighted by Crippen LogP contribution is 2.36. The standard InChI is InChI=1S/C21H19F3N2O3/c1-11-9-14(10-15-18(20(28)29-4)12(2)25-19(15)27)13(3)26(11)17-8-6-5-7-16(17)21(22,23)24/h5-10H,1-4H3,(H,25,27)/b15-10-. The van der Waals surface area contributed by atoms with Gasteiger partial charge in [0.25, 0.3) is 5.91 Å². The fourth-order valence-electron chi connectivity index (χ4n) is 3.49. The van der Waals surface area contributed by atoms with Crippen LogP contribution in [-0.2, 0) is 20.5 Å². The third kappa shape index (κ3) is 3.57. The van der Waals surface area contributed by atoms with Crippen molar-refractivity contribution in [1.82, 2.24) is 9.88 Å². The number of ether oxygens (including phenoxy) is 1. The second-order valence-corrected chi connectivity index (χ2v) is 6.68. The van der Waals surface area contributed by atoms with Crippen LogP contribution in [0.15, 0.2) is 47.2 Å². The normalized spacial score (nSPS) is 15.8. The lowest BCUT2D eigenvalue weighted by molar-refractivity contribution is -0.137. The minimum atomic E-state index is -4.51. The number of rotatable bonds is 3. The van der Waals surface area contributed by atoms with Gasteiger partial charge in [-0.1, -0.05) is 12.1 Å². The largest absolute Gasteiger partial charge is 0.465 e. The Hall–Kier alpha value is -3.29. The minimum absolute atomic E-state index is 0.00422. The monoisotopic (exact) mass is 404 g/mol. The van der Waals surface area contributed by atoms with E-state index in [0.717, 1.165) is 6.07 Å². The molecule has 29 heavy (non-hydrogen) atoms. The Morgan fingerprint density at radius 3 is 2.45 bits per heavy atom. The van der Waals surface area contributed by atoms with Crippen molar-refractivity contribution in [3.8, 4) is 5.69 Å². The number of aromatic nitrogens is 1. The number of carbonyl (C=O) groups excluding carboxylic acids is 2. The number of nitrogens with zero attached hydrogens (tertiary/aromatic N) is 1. The molecular weight excluding hydrogens is 385 g/mol. The van der Waals surface area contributed by atoms with Crippen LogP contribution in [0.3, 0.4) is 0 Å². The highest BCUT2D eigenvalue weighted by Gasteiger charge is 2.35. The molecule has 0 saturated carbocycles. The molecule has 8 heteroatoms. The third-order valence-electron chi connectivity index (χ3n) is 4.80. The van der Waals surface area contributed by atoms with E-state index in [4.69, 9.17) is 4.74 Å². The molecule has 0 radical (unpaired) electrons. The number of nitrogens with one attached hydrogen (secondary N) is 1. The molecule has 0 saturated heterocycles. The fraction of sp³-hybridized carbons (Fsp3) is 0.238. The summed E-state index contributed by atoms with van der Waals surface area (Å²) in [6.07, 6.45) is -3.02. The predicted octanol–water partition coefficient (Wildman–Crippen LogP) is 4.07. The van der Waals surface area contributed by atoms with Crippen molar-refractivity contribution in [2.75, 3.05) is 7.11 Å². The molecule has 2 aromatic rings. The van der Waals surface area contributed by atoms with E-state index in [1.165, 1.54) is 36.0 Å². The number of allylic oxidation sites excluding steroid dienone is 1. The van der Waals surface area contributed by atoms with Crippen LogP contribution < -0.4 is 5.32 Å². The zero-order valence-electron chi connectivity index (χ0n) is 16.3. The first kappa shape index (κ1) is 20.4. The highest BCUT2D eigenvalue weighted by atomic mass is 19.4. The van der Waals surface area contributed by atoms with Crippen LogP contribution in [0.1, 0.15) is 29.4 Å². The molecule has 1 aromatic heterocycles. The van der Waals surface area contributed by atoms with Crippen molar-refractivity contribution in [3.05, 3.63) is 69.7 Å². The number of halogens is 3. The number of hydrogen-bond donors (Lipinski definition) is 1. The zero-order valence-corrected chi connectivity index (χ0v) is 16.3. The molecule has 152 valence electrons. The number of hydrogen-bond acceptors (Lipinski definition) is 3. The van der Waals surface area contributed by atoms with Gasteiger partial charge in [-0.15, -0.1) is 0 Å². The number of methoxy groups -OCH3 is 1. The molecule has 0 unspecified atom stereocenters. The SMILES string of the molecule is COC(=O)C1=C(C)NC(=O)/C1=C\c1cc(C)n(-c2ccccc2C(F)(F)F)c1C. The molecule has 5 nitrogen and oxygen atoms in total. The van der Waals surface area contributed by atoms with Gasteiger partial charge < -0.3 is 14.6 Å². The summed E-state index contributed by atoms with van der Waals surface area (Å²) < 4.78 is 46.6. The Morgan fingerprint density at radius 2 is 1.83 bits per heavy atom. The van der Waals surface area contributed by atoms with Gasteiger partial charge in [-0.3, -0.25) is 4.79 Å². The van der Waals surface area contributed by atoms with Gasteiger partial charge in [0.2, 0.25) is 0 Å². The van der Waals surface area contributed by atoms with Crippen molar-refractivity contribution in [1.29, 1.82) is 0 Å². The predicted molar refractivity (Wildman–Crippen MR) is 101 cm³/mol. The second kappa shape index (κ2) is 7.27. The molecule has 0 fully saturated rings. The number of alkyl halides is 3. The van der Waals surface area contributed by atoms with Crippen molar-refractivity contribution in [3.63, 3.8) is 0 Å². The van der Waals surface area contributed by atoms with E-state index in [1.807, 2.05) is 0 Å². The number of aryl methyl sites for hydroxylation is 1. The van der Waals surface area contributed by atoms with E-state index in [-0.39, 0.29) is 16.8 Å². The lowest BCUT2D eigenvalue weighted by atomic mass is 10.0. The molecule has 2 heterocycles. The Balaban J connectivity index is 2.17. The van der Waals surface area contributed by atoms with E-state index in [9.17, 15) is 22.8 Å². The van der Waals surface area contributed by atoms with Crippen LogP contribution in [0.25, 0.3) is 11.8 Å². The van der Waals surface area contributed by atoms with Gasteiger partial charge in [0, 0.05) is 17.1 Å². The maximum absolute atomic E-state index is 13.5. The number of amides is 1. The Bertz CT molecular complexity index is 1080. The Labute approximate surface area is 165 Å². The number of para-hydroxylation sites is 1. The summed E-state index contributed by atoms with van der Waals surface area (Å²) in [6.45, 7) is 4.92. The van der Waals surface area contributed by atoms with Gasteiger partial charge in [-0.2, -0.15) is 13.2 Å². The van der Waals surface area contributed by atoms with Crippen LogP contribution in [-0.4, -0.2) is 23.6 Å². The van der Waals surface area contributed by atoms with Crippen LogP contribution in [0.5, 0.6) is 0 Å². The van der Waals surface area contributed by atoms with Crippen molar-refractivity contribution >= 4 is 18.0 Å². The van der Waals surface area contributed by atoms with E-state index >= 15 is 0 Å². The summed E-state index contributed by atoms with van der Waals surface area (Å²) in [5.41, 5.74) is 1.42. The van der Waals surface area contributed by atoms with Crippen molar-refractivity contribution in [2.24, 2.45) is 0 Å². The molecule has 1 aliphatic heterocycles. The van der Waals surface area contributed by atoms with Crippen LogP contribution in [0.4, 0.5) is 13.2 Å². The maximum atomic E-state index is 13.5. The molecule has 0 atom stereocenters. The molecule has 1 aliphatic rings. The molecule has 1 aromatic carbocycles. The highest BCUT2D eigenvalue weighted by molar-refractivity contribution is 6.16.